The Bertz CT molecular complexity index is 662. The highest BCUT2D eigenvalue weighted by molar-refractivity contribution is 6.77. The minimum atomic E-state index is -2.17. The molecule has 0 aromatic carbocycles. The Hall–Kier alpha value is -1.74. The van der Waals surface area contributed by atoms with E-state index in [1.165, 1.54) is 0 Å². The molecule has 0 aromatic rings. The third-order valence-corrected chi connectivity index (χ3v) is 12.9. The number of ether oxygens (including phenoxy) is 2. The molecule has 0 bridgehead atoms. The number of esters is 2. The summed E-state index contributed by atoms with van der Waals surface area (Å²) in [6, 6.07) is 0. The van der Waals surface area contributed by atoms with Crippen LogP contribution in [0.4, 0.5) is 0 Å². The van der Waals surface area contributed by atoms with Crippen LogP contribution in [0.5, 0.6) is 0 Å². The van der Waals surface area contributed by atoms with Gasteiger partial charge in [0.25, 0.3) is 8.32 Å². The Kier molecular flexibility index (Phi) is 11.0. The van der Waals surface area contributed by atoms with Gasteiger partial charge in [0.1, 0.15) is 0 Å². The van der Waals surface area contributed by atoms with Crippen LogP contribution in [0.3, 0.4) is 0 Å². The second kappa shape index (κ2) is 12.5. The first-order chi connectivity index (χ1) is 15.0. The van der Waals surface area contributed by atoms with Crippen LogP contribution >= 0.6 is 0 Å². The fraction of sp³-hybridized carbons (Fsp3) is 0.769. The summed E-state index contributed by atoms with van der Waals surface area (Å²) < 4.78 is 17.7. The van der Waals surface area contributed by atoms with Crippen molar-refractivity contribution >= 4 is 20.3 Å². The zero-order chi connectivity index (χ0) is 24.5. The molecule has 1 atom stereocenters. The van der Waals surface area contributed by atoms with E-state index in [4.69, 9.17) is 20.3 Å². The average molecular weight is 465 g/mol. The Morgan fingerprint density at radius 1 is 1.03 bits per heavy atom. The third kappa shape index (κ3) is 5.78. The molecule has 0 spiro atoms. The Morgan fingerprint density at radius 2 is 1.53 bits per heavy atom. The summed E-state index contributed by atoms with van der Waals surface area (Å²) in [5.74, 6) is 1.83. The highest BCUT2D eigenvalue weighted by Gasteiger charge is 2.54. The highest BCUT2D eigenvalue weighted by Crippen LogP contribution is 2.46. The molecule has 182 valence electrons. The van der Waals surface area contributed by atoms with E-state index in [0.717, 1.165) is 25.0 Å². The summed E-state index contributed by atoms with van der Waals surface area (Å²) >= 11 is 0. The van der Waals surface area contributed by atoms with Crippen molar-refractivity contribution in [3.8, 4) is 12.3 Å². The van der Waals surface area contributed by atoms with Crippen molar-refractivity contribution in [3.05, 3.63) is 11.8 Å². The van der Waals surface area contributed by atoms with Gasteiger partial charge in [-0.25, -0.2) is 0 Å². The van der Waals surface area contributed by atoms with Gasteiger partial charge in [0, 0.05) is 18.8 Å². The summed E-state index contributed by atoms with van der Waals surface area (Å²) in [4.78, 5) is 26.4. The molecule has 0 amide bonds. The number of hydrogen-bond acceptors (Lipinski definition) is 5. The zero-order valence-electron chi connectivity index (χ0n) is 21.5. The van der Waals surface area contributed by atoms with Crippen LogP contribution in [-0.2, 0) is 23.5 Å². The van der Waals surface area contributed by atoms with Gasteiger partial charge in [0.05, 0.1) is 19.0 Å². The lowest BCUT2D eigenvalue weighted by Gasteiger charge is -2.43. The van der Waals surface area contributed by atoms with Crippen LogP contribution in [0.2, 0.25) is 16.6 Å². The number of hydrogen-bond donors (Lipinski definition) is 0. The van der Waals surface area contributed by atoms with Crippen LogP contribution in [-0.4, -0.2) is 33.5 Å². The molecule has 6 heteroatoms. The first-order valence-electron chi connectivity index (χ1n) is 12.2. The van der Waals surface area contributed by atoms with Crippen molar-refractivity contribution in [1.82, 2.24) is 0 Å². The quantitative estimate of drug-likeness (QED) is 0.153. The van der Waals surface area contributed by atoms with Crippen LogP contribution in [0.15, 0.2) is 11.8 Å². The fourth-order valence-electron chi connectivity index (χ4n) is 5.45. The van der Waals surface area contributed by atoms with Gasteiger partial charge in [-0.3, -0.25) is 9.59 Å². The van der Waals surface area contributed by atoms with Crippen molar-refractivity contribution in [2.24, 2.45) is 11.3 Å². The molecular weight excluding hydrogens is 420 g/mol. The van der Waals surface area contributed by atoms with Crippen LogP contribution in [0.25, 0.3) is 0 Å². The van der Waals surface area contributed by atoms with Crippen LogP contribution < -0.4 is 0 Å². The second-order valence-corrected chi connectivity index (χ2v) is 15.1. The number of carbonyl (C=O) groups excluding carboxylic acids is 2. The summed E-state index contributed by atoms with van der Waals surface area (Å²) in [6.45, 7) is 17.3. The molecule has 0 saturated heterocycles. The molecule has 1 rings (SSSR count). The first kappa shape index (κ1) is 28.3. The number of rotatable bonds is 11. The lowest BCUT2D eigenvalue weighted by Crippen LogP contribution is -2.48. The smallest absolute Gasteiger partial charge is 0.325 e. The molecule has 0 aliphatic heterocycles. The van der Waals surface area contributed by atoms with Crippen molar-refractivity contribution in [2.75, 3.05) is 13.2 Å². The molecule has 0 saturated carbocycles. The van der Waals surface area contributed by atoms with Gasteiger partial charge in [-0.2, -0.15) is 0 Å². The molecule has 1 aliphatic carbocycles. The molecular formula is C26H44O5Si. The molecule has 32 heavy (non-hydrogen) atoms. The maximum Gasteiger partial charge on any atom is 0.325 e. The number of allylic oxidation sites excluding steroid dienone is 2. The van der Waals surface area contributed by atoms with Gasteiger partial charge in [0.15, 0.2) is 5.41 Å². The summed E-state index contributed by atoms with van der Waals surface area (Å²) in [6.07, 6.45) is 10.9. The summed E-state index contributed by atoms with van der Waals surface area (Å²) in [5, 5.41) is 0. The minimum Gasteiger partial charge on any atom is -0.546 e. The monoisotopic (exact) mass is 464 g/mol. The molecule has 5 nitrogen and oxygen atoms in total. The minimum absolute atomic E-state index is 0.0553. The molecule has 0 N–H and O–H groups in total. The molecule has 0 radical (unpaired) electrons. The van der Waals surface area contributed by atoms with E-state index in [0.29, 0.717) is 23.0 Å². The lowest BCUT2D eigenvalue weighted by atomic mass is 9.70. The van der Waals surface area contributed by atoms with E-state index in [2.05, 4.69) is 47.5 Å². The van der Waals surface area contributed by atoms with Crippen molar-refractivity contribution in [1.29, 1.82) is 0 Å². The largest absolute Gasteiger partial charge is 0.546 e. The topological polar surface area (TPSA) is 61.8 Å². The Labute approximate surface area is 196 Å². The molecule has 0 aromatic heterocycles. The molecule has 0 heterocycles. The maximum atomic E-state index is 13.2. The van der Waals surface area contributed by atoms with E-state index in [1.54, 1.807) is 13.8 Å². The predicted molar refractivity (Wildman–Crippen MR) is 131 cm³/mol. The number of terminal acetylenes is 1. The highest BCUT2D eigenvalue weighted by atomic mass is 28.4. The Morgan fingerprint density at radius 3 is 1.94 bits per heavy atom. The Balaban J connectivity index is 3.60. The maximum absolute atomic E-state index is 13.2. The summed E-state index contributed by atoms with van der Waals surface area (Å²) in [7, 11) is -2.17. The van der Waals surface area contributed by atoms with Gasteiger partial charge in [-0.15, -0.1) is 12.3 Å². The number of carbonyl (C=O) groups is 2. The molecule has 1 unspecified atom stereocenters. The van der Waals surface area contributed by atoms with Gasteiger partial charge in [-0.05, 0) is 49.4 Å². The van der Waals surface area contributed by atoms with Gasteiger partial charge >= 0.3 is 11.9 Å². The third-order valence-electron chi connectivity index (χ3n) is 6.88. The van der Waals surface area contributed by atoms with Crippen LogP contribution in [0.1, 0.15) is 87.5 Å². The fourth-order valence-corrected chi connectivity index (χ4v) is 10.8. The van der Waals surface area contributed by atoms with Gasteiger partial charge < -0.3 is 13.9 Å². The zero-order valence-corrected chi connectivity index (χ0v) is 22.5. The normalized spacial score (nSPS) is 17.6. The van der Waals surface area contributed by atoms with Crippen molar-refractivity contribution in [3.63, 3.8) is 0 Å². The first-order valence-corrected chi connectivity index (χ1v) is 14.4. The lowest BCUT2D eigenvalue weighted by molar-refractivity contribution is -0.175. The van der Waals surface area contributed by atoms with E-state index in [9.17, 15) is 9.59 Å². The molecule has 1 aliphatic rings. The van der Waals surface area contributed by atoms with Crippen molar-refractivity contribution < 1.29 is 23.5 Å². The predicted octanol–water partition coefficient (Wildman–Crippen LogP) is 6.39. The van der Waals surface area contributed by atoms with E-state index < -0.39 is 31.6 Å². The van der Waals surface area contributed by atoms with E-state index in [-0.39, 0.29) is 19.6 Å². The van der Waals surface area contributed by atoms with E-state index in [1.807, 2.05) is 6.08 Å². The van der Waals surface area contributed by atoms with Gasteiger partial charge in [-0.1, -0.05) is 48.0 Å². The van der Waals surface area contributed by atoms with E-state index >= 15 is 0 Å². The van der Waals surface area contributed by atoms with Crippen molar-refractivity contribution in [2.45, 2.75) is 104 Å². The second-order valence-electron chi connectivity index (χ2n) is 9.70. The summed E-state index contributed by atoms with van der Waals surface area (Å²) in [5.41, 5.74) is -0.265. The average Bonchev–Trinajstić information content (AvgIpc) is 2.95. The van der Waals surface area contributed by atoms with Crippen LogP contribution in [0, 0.1) is 23.7 Å². The molecule has 0 fully saturated rings. The standard InChI is InChI=1S/C26H44O5Si/c1-10-17-26(24(27)29-11-2,25(28)30-12-3)22-15-13-14-16-23(18-22)31-32(19(4)5,20(6)7)21(8)9/h1,18-22H,11-17H2,2-9H3. The van der Waals surface area contributed by atoms with Gasteiger partial charge in [0.2, 0.25) is 0 Å². The SMILES string of the molecule is C#CCC(C(=O)OCC)(C(=O)OCC)C1C=C(O[Si](C(C)C)(C(C)C)C(C)C)CCCC1.